The molecule has 1 fully saturated rings. The van der Waals surface area contributed by atoms with Crippen molar-refractivity contribution in [3.05, 3.63) is 59.6 Å². The van der Waals surface area contributed by atoms with Crippen LogP contribution in [0.2, 0.25) is 0 Å². The van der Waals surface area contributed by atoms with Crippen molar-refractivity contribution in [3.63, 3.8) is 0 Å². The number of carbonyl (C=O) groups is 1. The molecule has 0 bridgehead atoms. The van der Waals surface area contributed by atoms with Gasteiger partial charge in [0, 0.05) is 42.7 Å². The van der Waals surface area contributed by atoms with Gasteiger partial charge in [0.2, 0.25) is 5.91 Å². The largest absolute Gasteiger partial charge is 0.387 e. The zero-order valence-electron chi connectivity index (χ0n) is 18.7. The summed E-state index contributed by atoms with van der Waals surface area (Å²) >= 11 is 1.50. The van der Waals surface area contributed by atoms with E-state index in [1.54, 1.807) is 18.3 Å². The Morgan fingerprint density at radius 1 is 1.25 bits per heavy atom. The van der Waals surface area contributed by atoms with Gasteiger partial charge in [0.1, 0.15) is 10.8 Å². The van der Waals surface area contributed by atoms with Gasteiger partial charge in [-0.2, -0.15) is 5.10 Å². The smallest absolute Gasteiger partial charge is 0.228 e. The fraction of sp³-hybridized carbons (Fsp3) is 0.375. The Bertz CT molecular complexity index is 1130. The number of hydrogen-bond donors (Lipinski definition) is 1. The molecule has 1 amide bonds. The molecule has 2 aromatic heterocycles. The van der Waals surface area contributed by atoms with E-state index in [-0.39, 0.29) is 23.7 Å². The summed E-state index contributed by atoms with van der Waals surface area (Å²) in [5.74, 6) is -0.207. The van der Waals surface area contributed by atoms with Gasteiger partial charge in [0.05, 0.1) is 35.1 Å². The molecule has 0 saturated carbocycles. The Hall–Kier alpha value is -3.00. The second kappa shape index (κ2) is 8.86. The average molecular weight is 454 g/mol. The standard InChI is InChI=1S/C24H28FN5OS/c1-16-9-11-29(12-10-26-16)21(31)13-19-15-32-23(28-19)20-14-27-30(24(2,3)4)22(20)17-5-7-18(25)8-6-17/h5-8,14-15,26H,1,9-13H2,2-4H3. The molecule has 0 unspecified atom stereocenters. The molecule has 0 radical (unpaired) electrons. The van der Waals surface area contributed by atoms with Crippen molar-refractivity contribution < 1.29 is 9.18 Å². The van der Waals surface area contributed by atoms with Crippen LogP contribution in [0.1, 0.15) is 32.9 Å². The molecule has 6 nitrogen and oxygen atoms in total. The maximum absolute atomic E-state index is 13.5. The van der Waals surface area contributed by atoms with E-state index in [9.17, 15) is 9.18 Å². The van der Waals surface area contributed by atoms with E-state index in [4.69, 9.17) is 4.98 Å². The number of thiazole rings is 1. The van der Waals surface area contributed by atoms with Crippen LogP contribution in [0.5, 0.6) is 0 Å². The molecule has 0 atom stereocenters. The molecule has 4 rings (SSSR count). The van der Waals surface area contributed by atoms with Crippen molar-refractivity contribution in [1.82, 2.24) is 25.0 Å². The normalized spacial score (nSPS) is 14.9. The molecule has 1 aliphatic heterocycles. The van der Waals surface area contributed by atoms with E-state index in [1.165, 1.54) is 23.5 Å². The predicted octanol–water partition coefficient (Wildman–Crippen LogP) is 4.45. The fourth-order valence-electron chi connectivity index (χ4n) is 3.76. The minimum Gasteiger partial charge on any atom is -0.387 e. The van der Waals surface area contributed by atoms with Gasteiger partial charge in [-0.15, -0.1) is 11.3 Å². The van der Waals surface area contributed by atoms with Crippen LogP contribution in [0.3, 0.4) is 0 Å². The first-order chi connectivity index (χ1) is 15.2. The number of nitrogens with one attached hydrogen (secondary N) is 1. The van der Waals surface area contributed by atoms with E-state index in [0.29, 0.717) is 13.1 Å². The minimum absolute atomic E-state index is 0.0718. The van der Waals surface area contributed by atoms with Gasteiger partial charge in [-0.3, -0.25) is 9.48 Å². The van der Waals surface area contributed by atoms with E-state index in [2.05, 4.69) is 37.8 Å². The number of amides is 1. The van der Waals surface area contributed by atoms with Gasteiger partial charge in [-0.05, 0) is 45.0 Å². The summed E-state index contributed by atoms with van der Waals surface area (Å²) in [6, 6.07) is 6.43. The third-order valence-electron chi connectivity index (χ3n) is 5.43. The molecule has 0 aliphatic carbocycles. The molecular formula is C24H28FN5OS. The predicted molar refractivity (Wildman–Crippen MR) is 126 cm³/mol. The van der Waals surface area contributed by atoms with E-state index >= 15 is 0 Å². The molecule has 1 aliphatic rings. The van der Waals surface area contributed by atoms with Gasteiger partial charge in [0.15, 0.2) is 0 Å². The van der Waals surface area contributed by atoms with Crippen LogP contribution < -0.4 is 5.32 Å². The van der Waals surface area contributed by atoms with Crippen molar-refractivity contribution >= 4 is 17.2 Å². The average Bonchev–Trinajstić information content (AvgIpc) is 3.32. The van der Waals surface area contributed by atoms with Gasteiger partial charge in [-0.25, -0.2) is 9.37 Å². The highest BCUT2D eigenvalue weighted by atomic mass is 32.1. The summed E-state index contributed by atoms with van der Waals surface area (Å²) in [4.78, 5) is 19.4. The second-order valence-electron chi connectivity index (χ2n) is 8.98. The lowest BCUT2D eigenvalue weighted by Crippen LogP contribution is -2.35. The van der Waals surface area contributed by atoms with Gasteiger partial charge < -0.3 is 10.2 Å². The number of nitrogens with zero attached hydrogens (tertiary/aromatic N) is 4. The molecule has 0 spiro atoms. The van der Waals surface area contributed by atoms with Crippen LogP contribution in [-0.2, 0) is 16.8 Å². The summed E-state index contributed by atoms with van der Waals surface area (Å²) < 4.78 is 15.5. The second-order valence-corrected chi connectivity index (χ2v) is 9.84. The fourth-order valence-corrected chi connectivity index (χ4v) is 4.59. The monoisotopic (exact) mass is 453 g/mol. The Kier molecular flexibility index (Phi) is 6.15. The maximum Gasteiger partial charge on any atom is 0.228 e. The molecule has 3 aromatic rings. The van der Waals surface area contributed by atoms with E-state index in [0.717, 1.165) is 46.2 Å². The van der Waals surface area contributed by atoms with Crippen molar-refractivity contribution in [2.24, 2.45) is 0 Å². The Morgan fingerprint density at radius 3 is 2.72 bits per heavy atom. The highest BCUT2D eigenvalue weighted by molar-refractivity contribution is 7.13. The SMILES string of the molecule is C=C1CCN(C(=O)Cc2csc(-c3cnn(C(C)(C)C)c3-c3ccc(F)cc3)n2)CCN1. The van der Waals surface area contributed by atoms with Crippen LogP contribution in [0.25, 0.3) is 21.8 Å². The Labute approximate surface area is 191 Å². The number of halogens is 1. The molecule has 1 saturated heterocycles. The lowest BCUT2D eigenvalue weighted by atomic mass is 10.0. The lowest BCUT2D eigenvalue weighted by molar-refractivity contribution is -0.130. The van der Waals surface area contributed by atoms with Crippen molar-refractivity contribution in [2.75, 3.05) is 19.6 Å². The van der Waals surface area contributed by atoms with Crippen LogP contribution in [0.4, 0.5) is 4.39 Å². The maximum atomic E-state index is 13.5. The first-order valence-corrected chi connectivity index (χ1v) is 11.6. The summed E-state index contributed by atoms with van der Waals surface area (Å²) in [6.45, 7) is 12.3. The van der Waals surface area contributed by atoms with Gasteiger partial charge >= 0.3 is 0 Å². The van der Waals surface area contributed by atoms with E-state index in [1.807, 2.05) is 15.0 Å². The molecule has 168 valence electrons. The highest BCUT2D eigenvalue weighted by Crippen LogP contribution is 2.36. The van der Waals surface area contributed by atoms with Crippen LogP contribution in [0.15, 0.2) is 48.1 Å². The first kappa shape index (κ1) is 22.2. The number of carbonyl (C=O) groups excluding carboxylic acids is 1. The highest BCUT2D eigenvalue weighted by Gasteiger charge is 2.25. The topological polar surface area (TPSA) is 63.1 Å². The summed E-state index contributed by atoms with van der Waals surface area (Å²) in [5.41, 5.74) is 4.11. The Morgan fingerprint density at radius 2 is 2.00 bits per heavy atom. The summed E-state index contributed by atoms with van der Waals surface area (Å²) in [5, 5.41) is 10.6. The van der Waals surface area contributed by atoms with Crippen LogP contribution in [-0.4, -0.2) is 45.2 Å². The number of rotatable bonds is 4. The number of benzene rings is 1. The van der Waals surface area contributed by atoms with Crippen LogP contribution >= 0.6 is 11.3 Å². The molecular weight excluding hydrogens is 425 g/mol. The molecule has 1 N–H and O–H groups in total. The Balaban J connectivity index is 1.61. The third-order valence-corrected chi connectivity index (χ3v) is 6.35. The molecule has 8 heteroatoms. The lowest BCUT2D eigenvalue weighted by Gasteiger charge is -2.23. The van der Waals surface area contributed by atoms with Gasteiger partial charge in [0.25, 0.3) is 0 Å². The van der Waals surface area contributed by atoms with Crippen molar-refractivity contribution in [1.29, 1.82) is 0 Å². The number of hydrogen-bond acceptors (Lipinski definition) is 5. The summed E-state index contributed by atoms with van der Waals surface area (Å²) in [6.07, 6.45) is 2.84. The minimum atomic E-state index is -0.278. The van der Waals surface area contributed by atoms with Crippen molar-refractivity contribution in [3.8, 4) is 21.8 Å². The van der Waals surface area contributed by atoms with Gasteiger partial charge in [-0.1, -0.05) is 6.58 Å². The zero-order valence-corrected chi connectivity index (χ0v) is 19.5. The van der Waals surface area contributed by atoms with Crippen LogP contribution in [0, 0.1) is 5.82 Å². The quantitative estimate of drug-likeness (QED) is 0.634. The third kappa shape index (κ3) is 4.75. The molecule has 32 heavy (non-hydrogen) atoms. The first-order valence-electron chi connectivity index (χ1n) is 10.7. The van der Waals surface area contributed by atoms with Crippen molar-refractivity contribution in [2.45, 2.75) is 39.2 Å². The summed E-state index contributed by atoms with van der Waals surface area (Å²) in [7, 11) is 0. The molecule has 1 aromatic carbocycles. The molecule has 3 heterocycles. The number of aromatic nitrogens is 3. The zero-order chi connectivity index (χ0) is 22.9. The van der Waals surface area contributed by atoms with E-state index < -0.39 is 0 Å².